The van der Waals surface area contributed by atoms with Crippen LogP contribution in [-0.2, 0) is 19.1 Å². The summed E-state index contributed by atoms with van der Waals surface area (Å²) in [6.07, 6.45) is -0.591. The number of amides is 1. The summed E-state index contributed by atoms with van der Waals surface area (Å²) in [4.78, 5) is 22.7. The zero-order chi connectivity index (χ0) is 12.2. The lowest BCUT2D eigenvalue weighted by molar-refractivity contribution is -0.149. The topological polar surface area (TPSA) is 111 Å². The lowest BCUT2D eigenvalue weighted by atomic mass is 9.98. The van der Waals surface area contributed by atoms with E-state index in [1.165, 1.54) is 7.11 Å². The molecule has 16 heavy (non-hydrogen) atoms. The van der Waals surface area contributed by atoms with Crippen molar-refractivity contribution >= 4 is 11.9 Å². The lowest BCUT2D eigenvalue weighted by Gasteiger charge is -2.25. The number of rotatable bonds is 5. The number of carbonyl (C=O) groups excluding carboxylic acids is 1. The molecule has 0 saturated carbocycles. The van der Waals surface area contributed by atoms with Crippen LogP contribution in [0.15, 0.2) is 0 Å². The molecule has 1 saturated heterocycles. The van der Waals surface area contributed by atoms with Crippen molar-refractivity contribution < 1.29 is 24.2 Å². The number of ether oxygens (including phenoxy) is 2. The number of methoxy groups -OCH3 is 1. The number of hydrogen-bond acceptors (Lipinski definition) is 5. The highest BCUT2D eigenvalue weighted by molar-refractivity contribution is 5.89. The van der Waals surface area contributed by atoms with Crippen molar-refractivity contribution in [2.75, 3.05) is 26.9 Å². The minimum atomic E-state index is -1.34. The first-order valence-corrected chi connectivity index (χ1v) is 4.92. The Bertz CT molecular complexity index is 271. The molecule has 0 aliphatic carbocycles. The lowest BCUT2D eigenvalue weighted by Crippen LogP contribution is -2.58. The summed E-state index contributed by atoms with van der Waals surface area (Å²) in [6.45, 7) is 0.279. The largest absolute Gasteiger partial charge is 0.479 e. The Labute approximate surface area is 92.9 Å². The monoisotopic (exact) mass is 232 g/mol. The first kappa shape index (κ1) is 12.9. The smallest absolute Gasteiger partial charge is 0.331 e. The molecular formula is C9H16N2O5. The fourth-order valence-corrected chi connectivity index (χ4v) is 1.51. The fraction of sp³-hybridized carbons (Fsp3) is 0.778. The molecule has 4 N–H and O–H groups in total. The molecule has 1 aliphatic rings. The van der Waals surface area contributed by atoms with Gasteiger partial charge in [0, 0.05) is 26.7 Å². The third kappa shape index (κ3) is 2.49. The number of carboxylic acid groups (broad SMARTS) is 1. The zero-order valence-electron chi connectivity index (χ0n) is 9.06. The summed E-state index contributed by atoms with van der Waals surface area (Å²) in [5.41, 5.74) is 3.97. The first-order chi connectivity index (χ1) is 7.55. The Morgan fingerprint density at radius 3 is 2.75 bits per heavy atom. The predicted molar refractivity (Wildman–Crippen MR) is 53.8 cm³/mol. The predicted octanol–water partition coefficient (Wildman–Crippen LogP) is -1.68. The molecule has 7 nitrogen and oxygen atoms in total. The van der Waals surface area contributed by atoms with E-state index < -0.39 is 23.5 Å². The number of hydrogen-bond donors (Lipinski definition) is 3. The van der Waals surface area contributed by atoms with Crippen LogP contribution in [0.3, 0.4) is 0 Å². The van der Waals surface area contributed by atoms with Crippen LogP contribution in [0.1, 0.15) is 6.42 Å². The van der Waals surface area contributed by atoms with Crippen LogP contribution >= 0.6 is 0 Å². The van der Waals surface area contributed by atoms with Crippen molar-refractivity contribution in [2.45, 2.75) is 18.1 Å². The van der Waals surface area contributed by atoms with Crippen molar-refractivity contribution in [1.82, 2.24) is 5.32 Å². The Kier molecular flexibility index (Phi) is 4.22. The van der Waals surface area contributed by atoms with Crippen LogP contribution in [0.5, 0.6) is 0 Å². The maximum absolute atomic E-state index is 11.6. The van der Waals surface area contributed by atoms with Crippen molar-refractivity contribution in [3.63, 3.8) is 0 Å². The summed E-state index contributed by atoms with van der Waals surface area (Å²) in [6, 6.07) is 0. The third-order valence-electron chi connectivity index (χ3n) is 2.58. The summed E-state index contributed by atoms with van der Waals surface area (Å²) < 4.78 is 9.83. The van der Waals surface area contributed by atoms with Gasteiger partial charge in [-0.2, -0.15) is 0 Å². The van der Waals surface area contributed by atoms with Gasteiger partial charge in [-0.05, 0) is 0 Å². The number of nitrogens with two attached hydrogens (primary N) is 1. The average molecular weight is 232 g/mol. The second-order valence-corrected chi connectivity index (χ2v) is 3.64. The summed E-state index contributed by atoms with van der Waals surface area (Å²) >= 11 is 0. The van der Waals surface area contributed by atoms with E-state index in [2.05, 4.69) is 5.32 Å². The Morgan fingerprint density at radius 2 is 2.38 bits per heavy atom. The van der Waals surface area contributed by atoms with E-state index in [4.69, 9.17) is 20.3 Å². The van der Waals surface area contributed by atoms with E-state index in [-0.39, 0.29) is 19.6 Å². The highest BCUT2D eigenvalue weighted by atomic mass is 16.5. The van der Waals surface area contributed by atoms with Gasteiger partial charge in [0.2, 0.25) is 0 Å². The molecule has 0 aromatic carbocycles. The molecule has 2 atom stereocenters. The molecule has 1 amide bonds. The van der Waals surface area contributed by atoms with Gasteiger partial charge >= 0.3 is 5.97 Å². The summed E-state index contributed by atoms with van der Waals surface area (Å²) in [5, 5.41) is 11.5. The highest BCUT2D eigenvalue weighted by Crippen LogP contribution is 2.19. The molecule has 1 rings (SSSR count). The molecule has 0 spiro atoms. The van der Waals surface area contributed by atoms with Crippen molar-refractivity contribution in [1.29, 1.82) is 0 Å². The molecule has 92 valence electrons. The third-order valence-corrected chi connectivity index (χ3v) is 2.58. The summed E-state index contributed by atoms with van der Waals surface area (Å²) in [5.74, 6) is -1.64. The minimum absolute atomic E-state index is 0.00110. The molecule has 1 fully saturated rings. The maximum Gasteiger partial charge on any atom is 0.331 e. The second kappa shape index (κ2) is 5.24. The second-order valence-electron chi connectivity index (χ2n) is 3.64. The van der Waals surface area contributed by atoms with Gasteiger partial charge in [-0.3, -0.25) is 4.79 Å². The number of nitrogens with one attached hydrogen (secondary N) is 1. The SMILES string of the molecule is COC(CN)C(=O)NC1(C(=O)O)CCOC1. The van der Waals surface area contributed by atoms with Gasteiger partial charge in [0.15, 0.2) is 5.54 Å². The van der Waals surface area contributed by atoms with Gasteiger partial charge in [0.25, 0.3) is 5.91 Å². The zero-order valence-corrected chi connectivity index (χ0v) is 9.06. The Morgan fingerprint density at radius 1 is 1.69 bits per heavy atom. The van der Waals surface area contributed by atoms with Crippen molar-refractivity contribution in [3.8, 4) is 0 Å². The first-order valence-electron chi connectivity index (χ1n) is 4.92. The standard InChI is InChI=1S/C9H16N2O5/c1-15-6(4-10)7(12)11-9(8(13)14)2-3-16-5-9/h6H,2-5,10H2,1H3,(H,11,12)(H,13,14). The van der Waals surface area contributed by atoms with Crippen LogP contribution < -0.4 is 11.1 Å². The molecular weight excluding hydrogens is 216 g/mol. The van der Waals surface area contributed by atoms with Crippen LogP contribution in [0.4, 0.5) is 0 Å². The Balaban J connectivity index is 2.69. The molecule has 7 heteroatoms. The van der Waals surface area contributed by atoms with Gasteiger partial charge < -0.3 is 25.6 Å². The average Bonchev–Trinajstić information content (AvgIpc) is 2.69. The summed E-state index contributed by atoms with van der Waals surface area (Å²) in [7, 11) is 1.34. The highest BCUT2D eigenvalue weighted by Gasteiger charge is 2.44. The van der Waals surface area contributed by atoms with E-state index in [0.29, 0.717) is 6.61 Å². The quantitative estimate of drug-likeness (QED) is 0.522. The maximum atomic E-state index is 11.6. The molecule has 0 radical (unpaired) electrons. The Hall–Kier alpha value is -1.18. The van der Waals surface area contributed by atoms with E-state index >= 15 is 0 Å². The van der Waals surface area contributed by atoms with Crippen molar-refractivity contribution in [3.05, 3.63) is 0 Å². The van der Waals surface area contributed by atoms with E-state index in [1.807, 2.05) is 0 Å². The van der Waals surface area contributed by atoms with Crippen LogP contribution in [0, 0.1) is 0 Å². The van der Waals surface area contributed by atoms with E-state index in [0.717, 1.165) is 0 Å². The van der Waals surface area contributed by atoms with Crippen LogP contribution in [0.25, 0.3) is 0 Å². The molecule has 1 heterocycles. The van der Waals surface area contributed by atoms with E-state index in [9.17, 15) is 9.59 Å². The molecule has 0 aromatic heterocycles. The molecule has 0 aromatic rings. The van der Waals surface area contributed by atoms with Gasteiger partial charge in [-0.1, -0.05) is 0 Å². The van der Waals surface area contributed by atoms with Gasteiger partial charge in [-0.25, -0.2) is 4.79 Å². The van der Waals surface area contributed by atoms with Crippen molar-refractivity contribution in [2.24, 2.45) is 5.73 Å². The number of carbonyl (C=O) groups is 2. The fourth-order valence-electron chi connectivity index (χ4n) is 1.51. The number of aliphatic carboxylic acids is 1. The normalized spacial score (nSPS) is 26.4. The van der Waals surface area contributed by atoms with Gasteiger partial charge in [0.05, 0.1) is 6.61 Å². The molecule has 2 unspecified atom stereocenters. The minimum Gasteiger partial charge on any atom is -0.479 e. The molecule has 1 aliphatic heterocycles. The van der Waals surface area contributed by atoms with Gasteiger partial charge in [0.1, 0.15) is 6.10 Å². The van der Waals surface area contributed by atoms with Gasteiger partial charge in [-0.15, -0.1) is 0 Å². The van der Waals surface area contributed by atoms with Crippen LogP contribution in [0.2, 0.25) is 0 Å². The number of carboxylic acids is 1. The van der Waals surface area contributed by atoms with E-state index in [1.54, 1.807) is 0 Å². The molecule has 0 bridgehead atoms. The van der Waals surface area contributed by atoms with Crippen LogP contribution in [-0.4, -0.2) is 55.5 Å².